The first-order valence-electron chi connectivity index (χ1n) is 10.3. The molecule has 0 saturated heterocycles. The number of aryl methyl sites for hydroxylation is 1. The molecule has 1 atom stereocenters. The third-order valence-electron chi connectivity index (χ3n) is 5.20. The van der Waals surface area contributed by atoms with Crippen LogP contribution in [0, 0.1) is 12.8 Å². The van der Waals surface area contributed by atoms with Crippen LogP contribution < -0.4 is 5.32 Å². The van der Waals surface area contributed by atoms with Crippen molar-refractivity contribution < 1.29 is 23.1 Å². The predicted octanol–water partition coefficient (Wildman–Crippen LogP) is 6.97. The standard InChI is InChI=1S/C25H25F3N2O2/c1-15(2)14-22(30-23-13-12-21(24(31)32)16(3)29-23)19-6-4-17(5-7-19)18-8-10-20(11-9-18)25(26,27)28/h4-13,15,22H,14H2,1-3H3,(H,29,30)(H,31,32)/t22-/m1/s1. The Morgan fingerprint density at radius 1 is 0.969 bits per heavy atom. The maximum atomic E-state index is 12.8. The van der Waals surface area contributed by atoms with Gasteiger partial charge in [0.1, 0.15) is 5.82 Å². The van der Waals surface area contributed by atoms with Gasteiger partial charge in [-0.1, -0.05) is 50.2 Å². The Morgan fingerprint density at radius 2 is 1.53 bits per heavy atom. The van der Waals surface area contributed by atoms with Crippen LogP contribution in [0.2, 0.25) is 0 Å². The highest BCUT2D eigenvalue weighted by Gasteiger charge is 2.30. The zero-order chi connectivity index (χ0) is 23.5. The first kappa shape index (κ1) is 23.3. The van der Waals surface area contributed by atoms with Crippen LogP contribution in [0.15, 0.2) is 60.7 Å². The molecule has 2 aromatic carbocycles. The fraction of sp³-hybridized carbons (Fsp3) is 0.280. The molecule has 3 aromatic rings. The van der Waals surface area contributed by atoms with Crippen molar-refractivity contribution >= 4 is 11.8 Å². The van der Waals surface area contributed by atoms with Crippen molar-refractivity contribution in [2.24, 2.45) is 5.92 Å². The molecule has 32 heavy (non-hydrogen) atoms. The number of halogens is 3. The van der Waals surface area contributed by atoms with E-state index in [1.54, 1.807) is 13.0 Å². The van der Waals surface area contributed by atoms with Gasteiger partial charge >= 0.3 is 12.1 Å². The van der Waals surface area contributed by atoms with Crippen molar-refractivity contribution in [2.75, 3.05) is 5.32 Å². The zero-order valence-corrected chi connectivity index (χ0v) is 18.1. The first-order chi connectivity index (χ1) is 15.0. The van der Waals surface area contributed by atoms with Crippen molar-refractivity contribution in [1.29, 1.82) is 0 Å². The molecule has 4 nitrogen and oxygen atoms in total. The maximum Gasteiger partial charge on any atom is 0.416 e. The molecule has 0 aliphatic rings. The van der Waals surface area contributed by atoms with Crippen LogP contribution in [0.1, 0.15) is 53.5 Å². The lowest BCUT2D eigenvalue weighted by Crippen LogP contribution is -2.15. The molecular formula is C25H25F3N2O2. The Bertz CT molecular complexity index is 1080. The van der Waals surface area contributed by atoms with Crippen molar-refractivity contribution in [1.82, 2.24) is 4.98 Å². The second kappa shape index (κ2) is 9.42. The van der Waals surface area contributed by atoms with E-state index in [4.69, 9.17) is 0 Å². The minimum Gasteiger partial charge on any atom is -0.478 e. The molecule has 0 bridgehead atoms. The van der Waals surface area contributed by atoms with E-state index in [0.717, 1.165) is 29.7 Å². The lowest BCUT2D eigenvalue weighted by Gasteiger charge is -2.22. The average molecular weight is 442 g/mol. The number of rotatable bonds is 7. The predicted molar refractivity (Wildman–Crippen MR) is 119 cm³/mol. The summed E-state index contributed by atoms with van der Waals surface area (Å²) >= 11 is 0. The number of alkyl halides is 3. The summed E-state index contributed by atoms with van der Waals surface area (Å²) in [5, 5.41) is 12.6. The van der Waals surface area contributed by atoms with Crippen LogP contribution in [0.25, 0.3) is 11.1 Å². The number of aromatic nitrogens is 1. The maximum absolute atomic E-state index is 12.8. The summed E-state index contributed by atoms with van der Waals surface area (Å²) in [4.78, 5) is 15.6. The second-order valence-corrected chi connectivity index (χ2v) is 8.16. The molecule has 0 amide bonds. The fourth-order valence-electron chi connectivity index (χ4n) is 3.56. The van der Waals surface area contributed by atoms with Crippen LogP contribution in [0.4, 0.5) is 19.0 Å². The van der Waals surface area contributed by atoms with E-state index in [2.05, 4.69) is 24.1 Å². The van der Waals surface area contributed by atoms with Gasteiger partial charge in [0.25, 0.3) is 0 Å². The van der Waals surface area contributed by atoms with E-state index in [1.807, 2.05) is 24.3 Å². The summed E-state index contributed by atoms with van der Waals surface area (Å²) in [6, 6.07) is 15.9. The summed E-state index contributed by atoms with van der Waals surface area (Å²) in [5.74, 6) is -0.0365. The smallest absolute Gasteiger partial charge is 0.416 e. The number of carbonyl (C=O) groups is 1. The fourth-order valence-corrected chi connectivity index (χ4v) is 3.56. The van der Waals surface area contributed by atoms with E-state index in [9.17, 15) is 23.1 Å². The van der Waals surface area contributed by atoms with Crippen LogP contribution in [-0.2, 0) is 6.18 Å². The second-order valence-electron chi connectivity index (χ2n) is 8.16. The summed E-state index contributed by atoms with van der Waals surface area (Å²) in [7, 11) is 0. The van der Waals surface area contributed by atoms with Gasteiger partial charge in [0, 0.05) is 0 Å². The Kier molecular flexibility index (Phi) is 6.87. The summed E-state index contributed by atoms with van der Waals surface area (Å²) in [6.07, 6.45) is -3.53. The highest BCUT2D eigenvalue weighted by atomic mass is 19.4. The van der Waals surface area contributed by atoms with Gasteiger partial charge in [-0.3, -0.25) is 0 Å². The number of benzene rings is 2. The minimum atomic E-state index is -4.35. The Labute approximate surface area is 185 Å². The van der Waals surface area contributed by atoms with E-state index in [-0.39, 0.29) is 11.6 Å². The molecule has 2 N–H and O–H groups in total. The topological polar surface area (TPSA) is 62.2 Å². The number of hydrogen-bond donors (Lipinski definition) is 2. The normalized spacial score (nSPS) is 12.6. The lowest BCUT2D eigenvalue weighted by atomic mass is 9.94. The van der Waals surface area contributed by atoms with Gasteiger partial charge in [-0.25, -0.2) is 9.78 Å². The Balaban J connectivity index is 1.82. The molecule has 0 fully saturated rings. The number of anilines is 1. The van der Waals surface area contributed by atoms with Gasteiger partial charge in [0.05, 0.1) is 22.9 Å². The van der Waals surface area contributed by atoms with Crippen LogP contribution in [0.3, 0.4) is 0 Å². The van der Waals surface area contributed by atoms with E-state index in [0.29, 0.717) is 23.0 Å². The molecule has 0 saturated carbocycles. The molecule has 7 heteroatoms. The number of hydrogen-bond acceptors (Lipinski definition) is 3. The SMILES string of the molecule is Cc1nc(N[C@H](CC(C)C)c2ccc(-c3ccc(C(F)(F)F)cc3)cc2)ccc1C(=O)O. The Morgan fingerprint density at radius 3 is 2.00 bits per heavy atom. The van der Waals surface area contributed by atoms with Crippen molar-refractivity contribution in [3.05, 3.63) is 83.0 Å². The number of aromatic carboxylic acids is 1. The monoisotopic (exact) mass is 442 g/mol. The van der Waals surface area contributed by atoms with E-state index in [1.165, 1.54) is 18.2 Å². The van der Waals surface area contributed by atoms with Gasteiger partial charge in [0.2, 0.25) is 0 Å². The number of nitrogens with one attached hydrogen (secondary N) is 1. The molecule has 3 rings (SSSR count). The highest BCUT2D eigenvalue weighted by Crippen LogP contribution is 2.32. The van der Waals surface area contributed by atoms with Crippen LogP contribution >= 0.6 is 0 Å². The molecule has 168 valence electrons. The van der Waals surface area contributed by atoms with Crippen molar-refractivity contribution in [2.45, 2.75) is 39.4 Å². The van der Waals surface area contributed by atoms with E-state index < -0.39 is 17.7 Å². The first-order valence-corrected chi connectivity index (χ1v) is 10.3. The van der Waals surface area contributed by atoms with Gasteiger partial charge in [-0.2, -0.15) is 13.2 Å². The summed E-state index contributed by atoms with van der Waals surface area (Å²) < 4.78 is 38.4. The molecule has 0 aliphatic carbocycles. The van der Waals surface area contributed by atoms with Crippen molar-refractivity contribution in [3.63, 3.8) is 0 Å². The summed E-state index contributed by atoms with van der Waals surface area (Å²) in [6.45, 7) is 5.87. The molecule has 0 spiro atoms. The van der Waals surface area contributed by atoms with Gasteiger partial charge in [0.15, 0.2) is 0 Å². The van der Waals surface area contributed by atoms with Crippen LogP contribution in [0.5, 0.6) is 0 Å². The number of pyridine rings is 1. The summed E-state index contributed by atoms with van der Waals surface area (Å²) in [5.41, 5.74) is 2.47. The Hall–Kier alpha value is -3.35. The molecule has 0 unspecified atom stereocenters. The number of nitrogens with zero attached hydrogens (tertiary/aromatic N) is 1. The minimum absolute atomic E-state index is 0.0563. The van der Waals surface area contributed by atoms with Crippen molar-refractivity contribution in [3.8, 4) is 11.1 Å². The average Bonchev–Trinajstić information content (AvgIpc) is 2.72. The van der Waals surface area contributed by atoms with Gasteiger partial charge in [-0.15, -0.1) is 0 Å². The largest absolute Gasteiger partial charge is 0.478 e. The third-order valence-corrected chi connectivity index (χ3v) is 5.20. The van der Waals surface area contributed by atoms with Gasteiger partial charge in [-0.05, 0) is 60.2 Å². The van der Waals surface area contributed by atoms with E-state index >= 15 is 0 Å². The zero-order valence-electron chi connectivity index (χ0n) is 18.1. The molecule has 1 aromatic heterocycles. The molecule has 0 aliphatic heterocycles. The lowest BCUT2D eigenvalue weighted by molar-refractivity contribution is -0.137. The number of carboxylic acids is 1. The van der Waals surface area contributed by atoms with Crippen LogP contribution in [-0.4, -0.2) is 16.1 Å². The molecule has 1 heterocycles. The third kappa shape index (κ3) is 5.66. The quantitative estimate of drug-likeness (QED) is 0.415. The molecule has 0 radical (unpaired) electrons. The molecular weight excluding hydrogens is 417 g/mol. The highest BCUT2D eigenvalue weighted by molar-refractivity contribution is 5.89. The number of carboxylic acid groups (broad SMARTS) is 1. The van der Waals surface area contributed by atoms with Gasteiger partial charge < -0.3 is 10.4 Å².